The van der Waals surface area contributed by atoms with Crippen LogP contribution in [-0.4, -0.2) is 86.5 Å². The Morgan fingerprint density at radius 3 is 2.49 bits per heavy atom. The van der Waals surface area contributed by atoms with Crippen LogP contribution in [0.3, 0.4) is 0 Å². The first kappa shape index (κ1) is 27.0. The monoisotopic (exact) mass is 540 g/mol. The lowest BCUT2D eigenvalue weighted by atomic mass is 9.99. The summed E-state index contributed by atoms with van der Waals surface area (Å²) in [7, 11) is 1.34. The van der Waals surface area contributed by atoms with E-state index in [-0.39, 0.29) is 16.7 Å². The van der Waals surface area contributed by atoms with Crippen molar-refractivity contribution in [3.63, 3.8) is 0 Å². The number of fused-ring (bicyclic) bond motifs is 2. The number of ether oxygens (including phenoxy) is 2. The molecule has 39 heavy (non-hydrogen) atoms. The minimum absolute atomic E-state index is 0.0116. The van der Waals surface area contributed by atoms with Crippen molar-refractivity contribution in [1.82, 2.24) is 9.88 Å². The molecule has 0 saturated carbocycles. The number of halogens is 1. The number of rotatable bonds is 6. The first-order valence-electron chi connectivity index (χ1n) is 12.3. The van der Waals surface area contributed by atoms with Gasteiger partial charge in [0.25, 0.3) is 5.91 Å². The number of hydrogen-bond acceptors (Lipinski definition) is 8. The molecule has 0 aliphatic carbocycles. The number of methoxy groups -OCH3 is 1. The lowest BCUT2D eigenvalue weighted by Gasteiger charge is -2.27. The van der Waals surface area contributed by atoms with Crippen molar-refractivity contribution in [2.75, 3.05) is 13.7 Å². The number of benzene rings is 3. The third-order valence-corrected chi connectivity index (χ3v) is 7.11. The fourth-order valence-electron chi connectivity index (χ4n) is 4.98. The van der Waals surface area contributed by atoms with Gasteiger partial charge in [-0.05, 0) is 28.5 Å². The quantitative estimate of drug-likeness (QED) is 0.211. The Balaban J connectivity index is 1.51. The Bertz CT molecular complexity index is 1510. The average Bonchev–Trinajstić information content (AvgIpc) is 3.25. The largest absolute Gasteiger partial charge is 0.494 e. The molecule has 1 fully saturated rings. The second kappa shape index (κ2) is 10.9. The Labute approximate surface area is 222 Å². The van der Waals surface area contributed by atoms with Gasteiger partial charge in [-0.25, -0.2) is 4.39 Å². The molecule has 1 saturated heterocycles. The average molecular weight is 541 g/mol. The first-order chi connectivity index (χ1) is 18.7. The summed E-state index contributed by atoms with van der Waals surface area (Å²) in [4.78, 5) is 13.4. The van der Waals surface area contributed by atoms with E-state index in [0.29, 0.717) is 12.1 Å². The molecule has 3 unspecified atom stereocenters. The number of aromatic nitrogens is 1. The summed E-state index contributed by atoms with van der Waals surface area (Å²) < 4.78 is 26.8. The highest BCUT2D eigenvalue weighted by molar-refractivity contribution is 6.07. The molecule has 0 bridgehead atoms. The number of nitrogens with one attached hydrogen (secondary N) is 1. The smallest absolute Gasteiger partial charge is 0.253 e. The van der Waals surface area contributed by atoms with Crippen molar-refractivity contribution in [2.24, 2.45) is 0 Å². The van der Waals surface area contributed by atoms with E-state index in [1.165, 1.54) is 19.4 Å². The van der Waals surface area contributed by atoms with Crippen LogP contribution >= 0.6 is 0 Å². The molecule has 0 radical (unpaired) electrons. The molecule has 0 spiro atoms. The van der Waals surface area contributed by atoms with Gasteiger partial charge in [-0.2, -0.15) is 0 Å². The van der Waals surface area contributed by atoms with E-state index in [9.17, 15) is 34.7 Å². The normalized spacial score (nSPS) is 25.5. The summed E-state index contributed by atoms with van der Waals surface area (Å²) in [5, 5.41) is 55.6. The summed E-state index contributed by atoms with van der Waals surface area (Å²) in [5.74, 6) is -1.50. The SMILES string of the molecule is COc1cc2c(cc1F)c(C(=O)NC1C(O)O[C@H](CO)[C@@H](O)[C@H](O)C1O)cn2Cc1ccc2ccccc2c1. The zero-order valence-electron chi connectivity index (χ0n) is 20.9. The highest BCUT2D eigenvalue weighted by atomic mass is 19.1. The van der Waals surface area contributed by atoms with Gasteiger partial charge in [-0.1, -0.05) is 36.4 Å². The highest BCUT2D eigenvalue weighted by Crippen LogP contribution is 2.30. The zero-order chi connectivity index (χ0) is 27.8. The van der Waals surface area contributed by atoms with Crippen LogP contribution in [0.15, 0.2) is 60.8 Å². The molecule has 6 atom stereocenters. The van der Waals surface area contributed by atoms with Gasteiger partial charge < -0.3 is 44.9 Å². The van der Waals surface area contributed by atoms with Crippen molar-refractivity contribution in [2.45, 2.75) is 43.3 Å². The van der Waals surface area contributed by atoms with Crippen molar-refractivity contribution in [3.8, 4) is 5.75 Å². The molecule has 11 heteroatoms. The Kier molecular flexibility index (Phi) is 7.54. The van der Waals surface area contributed by atoms with E-state index in [0.717, 1.165) is 22.4 Å². The Morgan fingerprint density at radius 2 is 1.77 bits per heavy atom. The van der Waals surface area contributed by atoms with Gasteiger partial charge in [0, 0.05) is 24.2 Å². The van der Waals surface area contributed by atoms with Gasteiger partial charge in [-0.15, -0.1) is 0 Å². The standard InChI is InChI=1S/C28H29FN2O8/c1-38-21-10-20-17(9-19(21)29)18(12-31(20)11-14-6-7-15-4-2-3-5-16(15)8-14)27(36)30-23-25(34)26(35)24(33)22(13-32)39-28(23)37/h2-10,12,22-26,28,32-35,37H,11,13H2,1H3,(H,30,36)/t22-,23?,24-,25?,26+,28?/m1/s1. The molecule has 5 rings (SSSR count). The van der Waals surface area contributed by atoms with Gasteiger partial charge in [0.15, 0.2) is 17.9 Å². The van der Waals surface area contributed by atoms with Crippen molar-refractivity contribution < 1.29 is 44.2 Å². The van der Waals surface area contributed by atoms with Crippen LogP contribution in [0.25, 0.3) is 21.7 Å². The molecule has 10 nitrogen and oxygen atoms in total. The Hall–Kier alpha value is -3.58. The summed E-state index contributed by atoms with van der Waals surface area (Å²) in [5.41, 5.74) is 1.46. The highest BCUT2D eigenvalue weighted by Gasteiger charge is 2.45. The molecule has 206 valence electrons. The van der Waals surface area contributed by atoms with Crippen LogP contribution in [0.5, 0.6) is 5.75 Å². The topological polar surface area (TPSA) is 154 Å². The van der Waals surface area contributed by atoms with Gasteiger partial charge in [0.1, 0.15) is 30.5 Å². The van der Waals surface area contributed by atoms with Gasteiger partial charge >= 0.3 is 0 Å². The van der Waals surface area contributed by atoms with Crippen LogP contribution in [-0.2, 0) is 11.3 Å². The number of aliphatic hydroxyl groups excluding tert-OH is 5. The maximum atomic E-state index is 14.7. The summed E-state index contributed by atoms with van der Waals surface area (Å²) >= 11 is 0. The molecule has 1 aliphatic rings. The molecular formula is C28H29FN2O8. The van der Waals surface area contributed by atoms with Crippen LogP contribution in [0.4, 0.5) is 4.39 Å². The van der Waals surface area contributed by atoms with E-state index in [4.69, 9.17) is 9.47 Å². The predicted molar refractivity (Wildman–Crippen MR) is 139 cm³/mol. The number of aliphatic hydroxyl groups is 5. The lowest BCUT2D eigenvalue weighted by molar-refractivity contribution is -0.179. The predicted octanol–water partition coefficient (Wildman–Crippen LogP) is 0.881. The van der Waals surface area contributed by atoms with Crippen LogP contribution in [0, 0.1) is 5.82 Å². The third kappa shape index (κ3) is 5.08. The van der Waals surface area contributed by atoms with E-state index >= 15 is 0 Å². The van der Waals surface area contributed by atoms with E-state index in [1.807, 2.05) is 42.5 Å². The van der Waals surface area contributed by atoms with Crippen molar-refractivity contribution in [3.05, 3.63) is 77.7 Å². The molecule has 4 aromatic rings. The van der Waals surface area contributed by atoms with E-state index in [2.05, 4.69) is 5.32 Å². The molecule has 2 heterocycles. The van der Waals surface area contributed by atoms with Gasteiger partial charge in [-0.3, -0.25) is 4.79 Å². The summed E-state index contributed by atoms with van der Waals surface area (Å²) in [6, 6.07) is 14.9. The molecule has 1 amide bonds. The van der Waals surface area contributed by atoms with Crippen LogP contribution < -0.4 is 10.1 Å². The number of nitrogens with zero attached hydrogens (tertiary/aromatic N) is 1. The van der Waals surface area contributed by atoms with Crippen molar-refractivity contribution in [1.29, 1.82) is 0 Å². The fourth-order valence-corrected chi connectivity index (χ4v) is 4.98. The minimum atomic E-state index is -1.87. The number of carbonyl (C=O) groups excluding carboxylic acids is 1. The van der Waals surface area contributed by atoms with Crippen LogP contribution in [0.1, 0.15) is 15.9 Å². The molecular weight excluding hydrogens is 511 g/mol. The number of amides is 1. The molecule has 6 N–H and O–H groups in total. The second-order valence-electron chi connectivity index (χ2n) is 9.57. The first-order valence-corrected chi connectivity index (χ1v) is 12.3. The molecule has 1 aliphatic heterocycles. The maximum absolute atomic E-state index is 14.7. The number of carbonyl (C=O) groups is 1. The zero-order valence-corrected chi connectivity index (χ0v) is 20.9. The van der Waals surface area contributed by atoms with Gasteiger partial charge in [0.2, 0.25) is 0 Å². The van der Waals surface area contributed by atoms with Crippen LogP contribution in [0.2, 0.25) is 0 Å². The lowest BCUT2D eigenvalue weighted by Crippen LogP contribution is -2.55. The summed E-state index contributed by atoms with van der Waals surface area (Å²) in [6.45, 7) is -0.406. The molecule has 1 aromatic heterocycles. The Morgan fingerprint density at radius 1 is 1.03 bits per heavy atom. The number of hydrogen-bond donors (Lipinski definition) is 6. The maximum Gasteiger partial charge on any atom is 0.253 e. The minimum Gasteiger partial charge on any atom is -0.494 e. The fraction of sp³-hybridized carbons (Fsp3) is 0.321. The van der Waals surface area contributed by atoms with E-state index in [1.54, 1.807) is 4.57 Å². The van der Waals surface area contributed by atoms with Crippen molar-refractivity contribution >= 4 is 27.6 Å². The third-order valence-electron chi connectivity index (χ3n) is 7.11. The molecule has 3 aromatic carbocycles. The van der Waals surface area contributed by atoms with Gasteiger partial charge in [0.05, 0.1) is 24.8 Å². The second-order valence-corrected chi connectivity index (χ2v) is 9.57. The van der Waals surface area contributed by atoms with E-state index < -0.39 is 55.1 Å². The summed E-state index contributed by atoms with van der Waals surface area (Å²) in [6.07, 6.45) is -7.12.